The Labute approximate surface area is 132 Å². The first-order valence-electron chi connectivity index (χ1n) is 8.00. The van der Waals surface area contributed by atoms with Crippen LogP contribution in [0.3, 0.4) is 0 Å². The lowest BCUT2D eigenvalue weighted by molar-refractivity contribution is -0.121. The van der Waals surface area contributed by atoms with E-state index in [0.717, 1.165) is 19.3 Å². The Morgan fingerprint density at radius 3 is 2.68 bits per heavy atom. The van der Waals surface area contributed by atoms with Crippen LogP contribution in [0.2, 0.25) is 0 Å². The van der Waals surface area contributed by atoms with Crippen molar-refractivity contribution in [2.24, 2.45) is 0 Å². The van der Waals surface area contributed by atoms with Crippen LogP contribution in [-0.2, 0) is 11.2 Å². The van der Waals surface area contributed by atoms with Crippen LogP contribution in [0, 0.1) is 0 Å². The van der Waals surface area contributed by atoms with Crippen molar-refractivity contribution in [3.63, 3.8) is 0 Å². The molecule has 1 atom stereocenters. The van der Waals surface area contributed by atoms with E-state index in [-0.39, 0.29) is 11.8 Å². The molecule has 0 fully saturated rings. The molecule has 3 nitrogen and oxygen atoms in total. The molecular weight excluding hydrogens is 272 g/mol. The second kappa shape index (κ2) is 8.98. The number of carbonyl (C=O) groups is 1. The topological polar surface area (TPSA) is 42.0 Å². The molecule has 0 radical (unpaired) electrons. The number of hydrogen-bond donors (Lipinski definition) is 1. The highest BCUT2D eigenvalue weighted by Gasteiger charge is 2.13. The number of pyridine rings is 1. The number of nitrogens with one attached hydrogen (secondary N) is 1. The summed E-state index contributed by atoms with van der Waals surface area (Å²) < 4.78 is 0. The summed E-state index contributed by atoms with van der Waals surface area (Å²) in [5.74, 6) is 0.421. The summed E-state index contributed by atoms with van der Waals surface area (Å²) in [7, 11) is 0. The van der Waals surface area contributed by atoms with Crippen molar-refractivity contribution < 1.29 is 4.79 Å². The fraction of sp³-hybridized carbons (Fsp3) is 0.368. The number of aromatic nitrogens is 1. The van der Waals surface area contributed by atoms with Gasteiger partial charge in [0.2, 0.25) is 5.91 Å². The molecule has 22 heavy (non-hydrogen) atoms. The lowest BCUT2D eigenvalue weighted by Gasteiger charge is -2.18. The number of unbranched alkanes of at least 4 members (excludes halogenated alkanes) is 1. The first-order chi connectivity index (χ1) is 10.8. The van der Waals surface area contributed by atoms with Gasteiger partial charge in [0, 0.05) is 31.3 Å². The van der Waals surface area contributed by atoms with Gasteiger partial charge in [-0.1, -0.05) is 49.7 Å². The number of nitrogens with zero attached hydrogens (tertiary/aromatic N) is 1. The van der Waals surface area contributed by atoms with Crippen LogP contribution in [-0.4, -0.2) is 17.4 Å². The number of hydrogen-bond acceptors (Lipinski definition) is 2. The molecule has 1 heterocycles. The number of amides is 1. The van der Waals surface area contributed by atoms with E-state index in [1.54, 1.807) is 6.20 Å². The fourth-order valence-corrected chi connectivity index (χ4v) is 2.50. The van der Waals surface area contributed by atoms with Crippen molar-refractivity contribution >= 4 is 5.91 Å². The van der Waals surface area contributed by atoms with Gasteiger partial charge in [0.25, 0.3) is 0 Å². The van der Waals surface area contributed by atoms with Crippen molar-refractivity contribution in [1.82, 2.24) is 10.3 Å². The van der Waals surface area contributed by atoms with E-state index in [2.05, 4.69) is 35.4 Å². The van der Waals surface area contributed by atoms with E-state index in [4.69, 9.17) is 0 Å². The Kier molecular flexibility index (Phi) is 6.62. The summed E-state index contributed by atoms with van der Waals surface area (Å²) in [5.41, 5.74) is 2.45. The van der Waals surface area contributed by atoms with Crippen LogP contribution in [0.25, 0.3) is 0 Å². The maximum Gasteiger partial charge on any atom is 0.220 e. The average molecular weight is 296 g/mol. The highest BCUT2D eigenvalue weighted by atomic mass is 16.1. The number of carbonyl (C=O) groups excluding carboxylic acids is 1. The monoisotopic (exact) mass is 296 g/mol. The third-order valence-corrected chi connectivity index (χ3v) is 3.78. The van der Waals surface area contributed by atoms with Crippen LogP contribution in [0.4, 0.5) is 0 Å². The van der Waals surface area contributed by atoms with Crippen LogP contribution < -0.4 is 5.32 Å². The van der Waals surface area contributed by atoms with Crippen LogP contribution in [0.5, 0.6) is 0 Å². The lowest BCUT2D eigenvalue weighted by atomic mass is 9.92. The molecule has 2 rings (SSSR count). The summed E-state index contributed by atoms with van der Waals surface area (Å²) in [6, 6.07) is 14.4. The van der Waals surface area contributed by atoms with Gasteiger partial charge < -0.3 is 5.32 Å². The highest BCUT2D eigenvalue weighted by Crippen LogP contribution is 2.20. The quantitative estimate of drug-likeness (QED) is 0.807. The molecule has 1 amide bonds. The van der Waals surface area contributed by atoms with Crippen molar-refractivity contribution in [2.75, 3.05) is 6.54 Å². The maximum absolute atomic E-state index is 11.9. The molecular formula is C19H24N2O. The van der Waals surface area contributed by atoms with E-state index < -0.39 is 0 Å². The minimum absolute atomic E-state index is 0.147. The Balaban J connectivity index is 2.01. The Bertz CT molecular complexity index is 554. The van der Waals surface area contributed by atoms with Crippen molar-refractivity contribution in [3.8, 4) is 0 Å². The maximum atomic E-state index is 11.9. The zero-order valence-electron chi connectivity index (χ0n) is 13.2. The summed E-state index contributed by atoms with van der Waals surface area (Å²) in [4.78, 5) is 16.0. The van der Waals surface area contributed by atoms with Gasteiger partial charge in [-0.2, -0.15) is 0 Å². The minimum Gasteiger partial charge on any atom is -0.355 e. The number of rotatable bonds is 8. The van der Waals surface area contributed by atoms with Gasteiger partial charge in [-0.25, -0.2) is 0 Å². The molecule has 0 aliphatic heterocycles. The smallest absolute Gasteiger partial charge is 0.220 e. The van der Waals surface area contributed by atoms with Crippen LogP contribution in [0.15, 0.2) is 54.9 Å². The largest absolute Gasteiger partial charge is 0.355 e. The van der Waals surface area contributed by atoms with Gasteiger partial charge in [-0.3, -0.25) is 9.78 Å². The van der Waals surface area contributed by atoms with E-state index in [1.165, 1.54) is 11.1 Å². The summed E-state index contributed by atoms with van der Waals surface area (Å²) in [6.45, 7) is 2.77. The fourth-order valence-electron chi connectivity index (χ4n) is 2.50. The minimum atomic E-state index is 0.147. The summed E-state index contributed by atoms with van der Waals surface area (Å²) in [5, 5.41) is 3.08. The summed E-state index contributed by atoms with van der Waals surface area (Å²) >= 11 is 0. The molecule has 116 valence electrons. The first-order valence-corrected chi connectivity index (χ1v) is 8.00. The predicted molar refractivity (Wildman–Crippen MR) is 89.7 cm³/mol. The second-order valence-corrected chi connectivity index (χ2v) is 5.58. The Morgan fingerprint density at radius 2 is 2.00 bits per heavy atom. The zero-order valence-corrected chi connectivity index (χ0v) is 13.2. The average Bonchev–Trinajstić information content (AvgIpc) is 2.58. The number of benzene rings is 1. The van der Waals surface area contributed by atoms with Gasteiger partial charge in [0.1, 0.15) is 0 Å². The van der Waals surface area contributed by atoms with Gasteiger partial charge in [-0.05, 0) is 30.0 Å². The van der Waals surface area contributed by atoms with E-state index in [0.29, 0.717) is 13.0 Å². The molecule has 0 saturated carbocycles. The Morgan fingerprint density at radius 1 is 1.18 bits per heavy atom. The summed E-state index contributed by atoms with van der Waals surface area (Å²) in [6.07, 6.45) is 7.18. The Hall–Kier alpha value is -2.16. The molecule has 0 spiro atoms. The third-order valence-electron chi connectivity index (χ3n) is 3.78. The molecule has 0 bridgehead atoms. The van der Waals surface area contributed by atoms with Gasteiger partial charge in [0.15, 0.2) is 0 Å². The molecule has 2 aromatic rings. The second-order valence-electron chi connectivity index (χ2n) is 5.58. The molecule has 1 unspecified atom stereocenters. The molecule has 1 aromatic heterocycles. The lowest BCUT2D eigenvalue weighted by Crippen LogP contribution is -2.29. The molecule has 1 aromatic carbocycles. The zero-order chi connectivity index (χ0) is 15.6. The SMILES string of the molecule is CCCCC(=O)NCC(Cc1cccnc1)c1ccccc1. The van der Waals surface area contributed by atoms with Crippen LogP contribution >= 0.6 is 0 Å². The van der Waals surface area contributed by atoms with Gasteiger partial charge in [0.05, 0.1) is 0 Å². The molecule has 1 N–H and O–H groups in total. The predicted octanol–water partition coefficient (Wildman–Crippen LogP) is 3.71. The molecule has 0 aliphatic rings. The van der Waals surface area contributed by atoms with E-state index in [9.17, 15) is 4.79 Å². The molecule has 3 heteroatoms. The van der Waals surface area contributed by atoms with Crippen molar-refractivity contribution in [3.05, 3.63) is 66.0 Å². The third kappa shape index (κ3) is 5.32. The normalized spacial score (nSPS) is 11.9. The van der Waals surface area contributed by atoms with Crippen molar-refractivity contribution in [2.45, 2.75) is 38.5 Å². The molecule has 0 saturated heterocycles. The molecule has 0 aliphatic carbocycles. The van der Waals surface area contributed by atoms with Gasteiger partial charge in [-0.15, -0.1) is 0 Å². The first kappa shape index (κ1) is 16.2. The van der Waals surface area contributed by atoms with E-state index >= 15 is 0 Å². The van der Waals surface area contributed by atoms with Crippen molar-refractivity contribution in [1.29, 1.82) is 0 Å². The van der Waals surface area contributed by atoms with Gasteiger partial charge >= 0.3 is 0 Å². The van der Waals surface area contributed by atoms with E-state index in [1.807, 2.05) is 30.5 Å². The highest BCUT2D eigenvalue weighted by molar-refractivity contribution is 5.75. The standard InChI is InChI=1S/C19H24N2O/c1-2-3-11-19(22)21-15-18(17-9-5-4-6-10-17)13-16-8-7-12-20-14-16/h4-10,12,14,18H,2-3,11,13,15H2,1H3,(H,21,22). The van der Waals surface area contributed by atoms with Crippen LogP contribution in [0.1, 0.15) is 43.2 Å².